The molecule has 29 heavy (non-hydrogen) atoms. The molecule has 6 nitrogen and oxygen atoms in total. The number of aliphatic carboxylic acids is 1. The summed E-state index contributed by atoms with van der Waals surface area (Å²) < 4.78 is 32.5. The molecule has 0 amide bonds. The van der Waals surface area contributed by atoms with Crippen LogP contribution in [-0.4, -0.2) is 37.9 Å². The van der Waals surface area contributed by atoms with Gasteiger partial charge in [-0.25, -0.2) is 17.9 Å². The molecule has 0 bridgehead atoms. The second-order valence-electron chi connectivity index (χ2n) is 6.66. The van der Waals surface area contributed by atoms with Gasteiger partial charge in [0.1, 0.15) is 5.75 Å². The van der Waals surface area contributed by atoms with Crippen molar-refractivity contribution in [2.24, 2.45) is 0 Å². The normalized spacial score (nSPS) is 12.6. The SMILES string of the molecule is O=C(O)C(CCNS(=O)(=O)CCc1ccccc1)Oc1cccc2ccccc12. The number of rotatable bonds is 10. The summed E-state index contributed by atoms with van der Waals surface area (Å²) in [6.07, 6.45) is -0.744. The number of nitrogens with one attached hydrogen (secondary N) is 1. The van der Waals surface area contributed by atoms with Crippen molar-refractivity contribution in [2.75, 3.05) is 12.3 Å². The number of sulfonamides is 1. The Balaban J connectivity index is 1.57. The molecular formula is C22H23NO5S. The van der Waals surface area contributed by atoms with Gasteiger partial charge in [0.05, 0.1) is 5.75 Å². The molecule has 0 fully saturated rings. The number of fused-ring (bicyclic) bond motifs is 1. The number of carboxylic acids is 1. The Labute approximate surface area is 170 Å². The minimum absolute atomic E-state index is 0.0150. The summed E-state index contributed by atoms with van der Waals surface area (Å²) in [5.41, 5.74) is 0.931. The molecule has 0 radical (unpaired) electrons. The fraction of sp³-hybridized carbons (Fsp3) is 0.227. The first-order valence-electron chi connectivity index (χ1n) is 9.33. The summed E-state index contributed by atoms with van der Waals surface area (Å²) >= 11 is 0. The second-order valence-corrected chi connectivity index (χ2v) is 8.59. The molecule has 3 rings (SSSR count). The Morgan fingerprint density at radius 1 is 0.966 bits per heavy atom. The standard InChI is InChI=1S/C22H23NO5S/c24-22(25)21(28-20-12-6-10-18-9-4-5-11-19(18)20)13-15-23-29(26,27)16-14-17-7-2-1-3-8-17/h1-12,21,23H,13-16H2,(H,24,25). The molecule has 0 aromatic heterocycles. The molecule has 0 spiro atoms. The average Bonchev–Trinajstić information content (AvgIpc) is 2.72. The van der Waals surface area contributed by atoms with E-state index in [4.69, 9.17) is 4.74 Å². The van der Waals surface area contributed by atoms with E-state index in [0.29, 0.717) is 12.2 Å². The Morgan fingerprint density at radius 3 is 2.41 bits per heavy atom. The zero-order valence-electron chi connectivity index (χ0n) is 15.8. The second kappa shape index (κ2) is 9.54. The summed E-state index contributed by atoms with van der Waals surface area (Å²) in [5, 5.41) is 11.2. The van der Waals surface area contributed by atoms with Crippen LogP contribution in [-0.2, 0) is 21.2 Å². The van der Waals surface area contributed by atoms with Crippen LogP contribution in [0.4, 0.5) is 0 Å². The molecule has 0 heterocycles. The predicted octanol–water partition coefficient (Wildman–Crippen LogP) is 3.22. The minimum atomic E-state index is -3.51. The van der Waals surface area contributed by atoms with Crippen LogP contribution in [0.25, 0.3) is 10.8 Å². The zero-order chi connectivity index (χ0) is 20.7. The monoisotopic (exact) mass is 413 g/mol. The number of aryl methyl sites for hydroxylation is 1. The van der Waals surface area contributed by atoms with Crippen LogP contribution in [0.3, 0.4) is 0 Å². The number of carbonyl (C=O) groups is 1. The predicted molar refractivity (Wildman–Crippen MR) is 113 cm³/mol. The summed E-state index contributed by atoms with van der Waals surface area (Å²) in [5.74, 6) is -0.734. The number of ether oxygens (including phenoxy) is 1. The summed E-state index contributed by atoms with van der Waals surface area (Å²) in [7, 11) is -3.51. The molecule has 0 saturated heterocycles. The van der Waals surface area contributed by atoms with Gasteiger partial charge < -0.3 is 9.84 Å². The van der Waals surface area contributed by atoms with Crippen LogP contribution in [0.5, 0.6) is 5.75 Å². The molecule has 1 atom stereocenters. The summed E-state index contributed by atoms with van der Waals surface area (Å²) in [6, 6.07) is 22.3. The third-order valence-electron chi connectivity index (χ3n) is 4.53. The largest absolute Gasteiger partial charge is 0.479 e. The molecule has 152 valence electrons. The lowest BCUT2D eigenvalue weighted by Crippen LogP contribution is -2.34. The number of carboxylic acid groups (broad SMARTS) is 1. The molecule has 0 saturated carbocycles. The van der Waals surface area contributed by atoms with Crippen molar-refractivity contribution in [3.63, 3.8) is 0 Å². The Kier molecular flexibility index (Phi) is 6.85. The molecule has 0 aliphatic heterocycles. The van der Waals surface area contributed by atoms with Crippen LogP contribution in [0.1, 0.15) is 12.0 Å². The lowest BCUT2D eigenvalue weighted by atomic mass is 10.1. The molecule has 1 unspecified atom stereocenters. The van der Waals surface area contributed by atoms with E-state index in [1.165, 1.54) is 0 Å². The van der Waals surface area contributed by atoms with Crippen LogP contribution in [0.15, 0.2) is 72.8 Å². The molecule has 0 aliphatic carbocycles. The Hall–Kier alpha value is -2.90. The van der Waals surface area contributed by atoms with Crippen LogP contribution in [0.2, 0.25) is 0 Å². The van der Waals surface area contributed by atoms with Crippen LogP contribution in [0, 0.1) is 0 Å². The first-order chi connectivity index (χ1) is 13.9. The van der Waals surface area contributed by atoms with Gasteiger partial charge in [0.15, 0.2) is 6.10 Å². The first-order valence-corrected chi connectivity index (χ1v) is 11.0. The van der Waals surface area contributed by atoms with E-state index >= 15 is 0 Å². The third kappa shape index (κ3) is 6.04. The van der Waals surface area contributed by atoms with E-state index in [1.54, 1.807) is 12.1 Å². The molecule has 0 aliphatic rings. The van der Waals surface area contributed by atoms with Crippen molar-refractivity contribution in [3.8, 4) is 5.75 Å². The van der Waals surface area contributed by atoms with Crippen molar-refractivity contribution in [1.82, 2.24) is 4.72 Å². The lowest BCUT2D eigenvalue weighted by molar-refractivity contribution is -0.145. The van der Waals surface area contributed by atoms with Crippen molar-refractivity contribution in [2.45, 2.75) is 18.9 Å². The van der Waals surface area contributed by atoms with E-state index < -0.39 is 22.1 Å². The fourth-order valence-corrected chi connectivity index (χ4v) is 4.08. The van der Waals surface area contributed by atoms with Gasteiger partial charge >= 0.3 is 5.97 Å². The van der Waals surface area contributed by atoms with Gasteiger partial charge in [0, 0.05) is 18.4 Å². The molecule has 2 N–H and O–H groups in total. The minimum Gasteiger partial charge on any atom is -0.479 e. The van der Waals surface area contributed by atoms with E-state index in [1.807, 2.05) is 60.7 Å². The first kappa shape index (κ1) is 20.8. The third-order valence-corrected chi connectivity index (χ3v) is 5.91. The number of hydrogen-bond acceptors (Lipinski definition) is 4. The maximum atomic E-state index is 12.2. The highest BCUT2D eigenvalue weighted by molar-refractivity contribution is 7.89. The highest BCUT2D eigenvalue weighted by atomic mass is 32.2. The van der Waals surface area contributed by atoms with Gasteiger partial charge in [-0.3, -0.25) is 0 Å². The lowest BCUT2D eigenvalue weighted by Gasteiger charge is -2.17. The van der Waals surface area contributed by atoms with Crippen molar-refractivity contribution < 1.29 is 23.1 Å². The molecule has 3 aromatic rings. The number of benzene rings is 3. The van der Waals surface area contributed by atoms with E-state index in [0.717, 1.165) is 16.3 Å². The maximum Gasteiger partial charge on any atom is 0.344 e. The fourth-order valence-electron chi connectivity index (χ4n) is 3.00. The smallest absolute Gasteiger partial charge is 0.344 e. The Morgan fingerprint density at radius 2 is 1.66 bits per heavy atom. The molecular weight excluding hydrogens is 390 g/mol. The number of hydrogen-bond donors (Lipinski definition) is 2. The van der Waals surface area contributed by atoms with Gasteiger partial charge in [-0.2, -0.15) is 0 Å². The van der Waals surface area contributed by atoms with Gasteiger partial charge in [-0.1, -0.05) is 66.7 Å². The zero-order valence-corrected chi connectivity index (χ0v) is 16.6. The Bertz CT molecular complexity index is 1060. The van der Waals surface area contributed by atoms with Gasteiger partial charge in [-0.15, -0.1) is 0 Å². The summed E-state index contributed by atoms with van der Waals surface area (Å²) in [4.78, 5) is 11.6. The quantitative estimate of drug-likeness (QED) is 0.532. The van der Waals surface area contributed by atoms with E-state index in [2.05, 4.69) is 4.72 Å². The van der Waals surface area contributed by atoms with Crippen molar-refractivity contribution >= 4 is 26.8 Å². The van der Waals surface area contributed by atoms with Gasteiger partial charge in [0.2, 0.25) is 10.0 Å². The van der Waals surface area contributed by atoms with Crippen LogP contribution >= 0.6 is 0 Å². The average molecular weight is 413 g/mol. The van der Waals surface area contributed by atoms with E-state index in [9.17, 15) is 18.3 Å². The molecule has 7 heteroatoms. The maximum absolute atomic E-state index is 12.2. The molecule has 3 aromatic carbocycles. The van der Waals surface area contributed by atoms with Crippen LogP contribution < -0.4 is 9.46 Å². The van der Waals surface area contributed by atoms with Gasteiger partial charge in [0.25, 0.3) is 0 Å². The van der Waals surface area contributed by atoms with Gasteiger partial charge in [-0.05, 0) is 23.4 Å². The highest BCUT2D eigenvalue weighted by Crippen LogP contribution is 2.26. The summed E-state index contributed by atoms with van der Waals surface area (Å²) in [6.45, 7) is -0.0150. The topological polar surface area (TPSA) is 92.7 Å². The van der Waals surface area contributed by atoms with E-state index in [-0.39, 0.29) is 18.7 Å². The highest BCUT2D eigenvalue weighted by Gasteiger charge is 2.21. The van der Waals surface area contributed by atoms with Crippen molar-refractivity contribution in [1.29, 1.82) is 0 Å². The van der Waals surface area contributed by atoms with Crippen molar-refractivity contribution in [3.05, 3.63) is 78.4 Å².